The molecule has 1 heterocycles. The van der Waals surface area contributed by atoms with Crippen LogP contribution in [0.3, 0.4) is 0 Å². The lowest BCUT2D eigenvalue weighted by molar-refractivity contribution is -0.133. The van der Waals surface area contributed by atoms with E-state index in [4.69, 9.17) is 4.74 Å². The maximum Gasteiger partial charge on any atom is 0.232 e. The third-order valence-electron chi connectivity index (χ3n) is 4.98. The van der Waals surface area contributed by atoms with E-state index in [1.165, 1.54) is 0 Å². The van der Waals surface area contributed by atoms with Gasteiger partial charge < -0.3 is 4.74 Å². The summed E-state index contributed by atoms with van der Waals surface area (Å²) in [6, 6.07) is 0. The summed E-state index contributed by atoms with van der Waals surface area (Å²) in [5, 5.41) is 0. The predicted molar refractivity (Wildman–Crippen MR) is 71.4 cm³/mol. The fourth-order valence-corrected chi connectivity index (χ4v) is 3.78. The largest absolute Gasteiger partial charge is 0.493 e. The van der Waals surface area contributed by atoms with Gasteiger partial charge in [-0.25, -0.2) is 0 Å². The van der Waals surface area contributed by atoms with Crippen LogP contribution in [0, 0.1) is 17.8 Å². The number of allylic oxidation sites excluding steroid dienone is 3. The summed E-state index contributed by atoms with van der Waals surface area (Å²) in [4.78, 5) is 24.4. The molecule has 0 aromatic carbocycles. The normalized spacial score (nSPS) is 34.4. The maximum atomic E-state index is 12.3. The molecular formula is C16H20O3. The van der Waals surface area contributed by atoms with Gasteiger partial charge in [-0.15, -0.1) is 0 Å². The van der Waals surface area contributed by atoms with Crippen molar-refractivity contribution in [2.45, 2.75) is 40.0 Å². The summed E-state index contributed by atoms with van der Waals surface area (Å²) in [7, 11) is 0. The Kier molecular flexibility index (Phi) is 2.88. The minimum absolute atomic E-state index is 0.185. The van der Waals surface area contributed by atoms with Crippen LogP contribution in [-0.4, -0.2) is 18.2 Å². The second kappa shape index (κ2) is 4.32. The zero-order valence-electron chi connectivity index (χ0n) is 11.8. The van der Waals surface area contributed by atoms with E-state index < -0.39 is 0 Å². The number of ketones is 2. The molecule has 1 aliphatic heterocycles. The van der Waals surface area contributed by atoms with Gasteiger partial charge in [0, 0.05) is 16.7 Å². The minimum atomic E-state index is -0.365. The summed E-state index contributed by atoms with van der Waals surface area (Å²) in [5.41, 5.74) is 2.33. The number of hydrogen-bond acceptors (Lipinski definition) is 3. The topological polar surface area (TPSA) is 43.4 Å². The first kappa shape index (κ1) is 12.6. The Hall–Kier alpha value is -1.38. The third kappa shape index (κ3) is 1.63. The zero-order valence-corrected chi connectivity index (χ0v) is 11.8. The fraction of sp³-hybridized carbons (Fsp3) is 0.625. The van der Waals surface area contributed by atoms with E-state index >= 15 is 0 Å². The highest BCUT2D eigenvalue weighted by atomic mass is 16.5. The molecule has 3 unspecified atom stereocenters. The molecule has 19 heavy (non-hydrogen) atoms. The summed E-state index contributed by atoms with van der Waals surface area (Å²) in [5.74, 6) is 1.15. The minimum Gasteiger partial charge on any atom is -0.493 e. The molecule has 3 nitrogen and oxygen atoms in total. The van der Waals surface area contributed by atoms with Gasteiger partial charge in [-0.2, -0.15) is 0 Å². The quantitative estimate of drug-likeness (QED) is 0.538. The first-order valence-electron chi connectivity index (χ1n) is 7.23. The molecule has 0 amide bonds. The van der Waals surface area contributed by atoms with Gasteiger partial charge >= 0.3 is 0 Å². The van der Waals surface area contributed by atoms with Crippen molar-refractivity contribution in [1.82, 2.24) is 0 Å². The van der Waals surface area contributed by atoms with Crippen LogP contribution in [-0.2, 0) is 14.3 Å². The first-order valence-corrected chi connectivity index (χ1v) is 7.23. The van der Waals surface area contributed by atoms with Crippen molar-refractivity contribution in [2.24, 2.45) is 17.8 Å². The lowest BCUT2D eigenvalue weighted by Gasteiger charge is -2.43. The molecule has 102 valence electrons. The number of carbonyl (C=O) groups excluding carboxylic acids is 2. The number of rotatable bonds is 1. The van der Waals surface area contributed by atoms with Crippen LogP contribution in [0.5, 0.6) is 0 Å². The molecule has 0 aromatic rings. The van der Waals surface area contributed by atoms with Crippen molar-refractivity contribution in [3.05, 3.63) is 22.5 Å². The van der Waals surface area contributed by atoms with Crippen LogP contribution < -0.4 is 0 Å². The second-order valence-corrected chi connectivity index (χ2v) is 6.00. The molecule has 3 aliphatic rings. The highest BCUT2D eigenvalue weighted by molar-refractivity contribution is 6.50. The molecular weight excluding hydrogens is 240 g/mol. The Morgan fingerprint density at radius 2 is 1.89 bits per heavy atom. The zero-order chi connectivity index (χ0) is 13.7. The van der Waals surface area contributed by atoms with Crippen LogP contribution in [0.2, 0.25) is 0 Å². The van der Waals surface area contributed by atoms with Gasteiger partial charge in [0.1, 0.15) is 5.76 Å². The van der Waals surface area contributed by atoms with Crippen molar-refractivity contribution in [3.8, 4) is 0 Å². The smallest absolute Gasteiger partial charge is 0.232 e. The van der Waals surface area contributed by atoms with Gasteiger partial charge in [-0.1, -0.05) is 13.8 Å². The monoisotopic (exact) mass is 260 g/mol. The highest BCUT2D eigenvalue weighted by Gasteiger charge is 2.45. The molecule has 0 aromatic heterocycles. The summed E-state index contributed by atoms with van der Waals surface area (Å²) < 4.78 is 5.85. The summed E-state index contributed by atoms with van der Waals surface area (Å²) in [6.45, 7) is 6.63. The maximum absolute atomic E-state index is 12.3. The van der Waals surface area contributed by atoms with Gasteiger partial charge in [0.2, 0.25) is 11.6 Å². The average molecular weight is 260 g/mol. The third-order valence-corrected chi connectivity index (χ3v) is 4.98. The molecule has 0 radical (unpaired) electrons. The Morgan fingerprint density at radius 1 is 1.16 bits per heavy atom. The number of Topliss-reactive ketones (excluding diaryl/α,β-unsaturated/α-hetero) is 2. The molecule has 0 saturated carbocycles. The van der Waals surface area contributed by atoms with E-state index in [9.17, 15) is 9.59 Å². The Labute approximate surface area is 113 Å². The fourth-order valence-electron chi connectivity index (χ4n) is 3.78. The van der Waals surface area contributed by atoms with Crippen LogP contribution in [0.1, 0.15) is 40.0 Å². The van der Waals surface area contributed by atoms with Crippen LogP contribution in [0.4, 0.5) is 0 Å². The van der Waals surface area contributed by atoms with Crippen LogP contribution in [0.25, 0.3) is 0 Å². The van der Waals surface area contributed by atoms with E-state index in [0.29, 0.717) is 24.0 Å². The van der Waals surface area contributed by atoms with E-state index in [0.717, 1.165) is 36.2 Å². The standard InChI is InChI=1S/C16H20O3/c1-4-10-7-19-16-9(3)14(17)15(18)12-8(2)5-6-11(10)13(12)16/h8,10-11H,4-7H2,1-3H3. The van der Waals surface area contributed by atoms with Gasteiger partial charge in [0.05, 0.1) is 6.61 Å². The Bertz CT molecular complexity index is 524. The molecule has 0 bridgehead atoms. The molecule has 3 rings (SSSR count). The van der Waals surface area contributed by atoms with Crippen molar-refractivity contribution < 1.29 is 14.3 Å². The Morgan fingerprint density at radius 3 is 2.58 bits per heavy atom. The van der Waals surface area contributed by atoms with Crippen LogP contribution in [0.15, 0.2) is 22.5 Å². The molecule has 2 aliphatic carbocycles. The molecule has 1 fully saturated rings. The average Bonchev–Trinajstić information content (AvgIpc) is 2.42. The van der Waals surface area contributed by atoms with E-state index in [1.54, 1.807) is 6.92 Å². The lowest BCUT2D eigenvalue weighted by Crippen LogP contribution is -2.40. The number of carbonyl (C=O) groups is 2. The van der Waals surface area contributed by atoms with E-state index in [2.05, 4.69) is 13.8 Å². The van der Waals surface area contributed by atoms with Gasteiger partial charge in [0.25, 0.3) is 0 Å². The van der Waals surface area contributed by atoms with Gasteiger partial charge in [0.15, 0.2) is 0 Å². The van der Waals surface area contributed by atoms with Crippen molar-refractivity contribution in [2.75, 3.05) is 6.61 Å². The van der Waals surface area contributed by atoms with Crippen LogP contribution >= 0.6 is 0 Å². The molecule has 0 N–H and O–H groups in total. The summed E-state index contributed by atoms with van der Waals surface area (Å²) >= 11 is 0. The number of hydrogen-bond donors (Lipinski definition) is 0. The van der Waals surface area contributed by atoms with Crippen molar-refractivity contribution in [3.63, 3.8) is 0 Å². The second-order valence-electron chi connectivity index (χ2n) is 6.00. The van der Waals surface area contributed by atoms with Crippen molar-refractivity contribution >= 4 is 11.6 Å². The van der Waals surface area contributed by atoms with Gasteiger partial charge in [-0.05, 0) is 43.9 Å². The number of ether oxygens (including phenoxy) is 1. The molecule has 0 spiro atoms. The van der Waals surface area contributed by atoms with Gasteiger partial charge in [-0.3, -0.25) is 9.59 Å². The molecule has 1 saturated heterocycles. The van der Waals surface area contributed by atoms with E-state index in [-0.39, 0.29) is 17.5 Å². The first-order chi connectivity index (χ1) is 9.06. The highest BCUT2D eigenvalue weighted by Crippen LogP contribution is 2.48. The molecule has 3 heteroatoms. The SMILES string of the molecule is CCC1COC2=C(C)C(=O)C(=O)C3=C2C1CCC3C. The Balaban J connectivity index is 2.20. The predicted octanol–water partition coefficient (Wildman–Crippen LogP) is 2.81. The molecule has 3 atom stereocenters. The van der Waals surface area contributed by atoms with Crippen molar-refractivity contribution in [1.29, 1.82) is 0 Å². The van der Waals surface area contributed by atoms with E-state index in [1.807, 2.05) is 0 Å². The lowest BCUT2D eigenvalue weighted by atomic mass is 9.66. The summed E-state index contributed by atoms with van der Waals surface area (Å²) in [6.07, 6.45) is 3.18.